The minimum atomic E-state index is -0.373. The molecule has 0 aromatic heterocycles. The number of aliphatic hydroxyl groups is 1. The Bertz CT molecular complexity index is 304. The summed E-state index contributed by atoms with van der Waals surface area (Å²) in [6, 6.07) is 7.21. The number of hydrogen-bond donors (Lipinski definition) is 2. The highest BCUT2D eigenvalue weighted by molar-refractivity contribution is 5.94. The third kappa shape index (κ3) is 3.18. The van der Waals surface area contributed by atoms with Gasteiger partial charge in [-0.05, 0) is 38.1 Å². The van der Waals surface area contributed by atoms with Crippen molar-refractivity contribution in [3.8, 4) is 0 Å². The molecule has 0 bridgehead atoms. The van der Waals surface area contributed by atoms with Crippen LogP contribution in [-0.2, 0) is 0 Å². The predicted octanol–water partition coefficient (Wildman–Crippen LogP) is 1.68. The number of aliphatic hydroxyl groups excluding tert-OH is 1. The maximum Gasteiger partial charge on any atom is 0.159 e. The Morgan fingerprint density at radius 3 is 2.43 bits per heavy atom. The lowest BCUT2D eigenvalue weighted by molar-refractivity contribution is 0.101. The average molecular weight is 193 g/mol. The van der Waals surface area contributed by atoms with Crippen LogP contribution in [0.25, 0.3) is 0 Å². The van der Waals surface area contributed by atoms with E-state index in [2.05, 4.69) is 5.32 Å². The first kappa shape index (κ1) is 10.7. The number of rotatable bonds is 4. The van der Waals surface area contributed by atoms with Crippen molar-refractivity contribution in [3.05, 3.63) is 29.8 Å². The molecule has 3 heteroatoms. The molecule has 1 aromatic carbocycles. The second-order valence-corrected chi connectivity index (χ2v) is 3.36. The Labute approximate surface area is 83.8 Å². The Morgan fingerprint density at radius 1 is 1.43 bits per heavy atom. The Hall–Kier alpha value is -1.35. The largest absolute Gasteiger partial charge is 0.392 e. The lowest BCUT2D eigenvalue weighted by atomic mass is 10.1. The van der Waals surface area contributed by atoms with Crippen molar-refractivity contribution in [3.63, 3.8) is 0 Å². The smallest absolute Gasteiger partial charge is 0.159 e. The molecule has 3 nitrogen and oxygen atoms in total. The molecule has 0 spiro atoms. The van der Waals surface area contributed by atoms with E-state index in [0.717, 1.165) is 5.69 Å². The van der Waals surface area contributed by atoms with Gasteiger partial charge in [0, 0.05) is 17.8 Å². The number of anilines is 1. The van der Waals surface area contributed by atoms with E-state index in [1.165, 1.54) is 6.92 Å². The van der Waals surface area contributed by atoms with Crippen LogP contribution in [0.3, 0.4) is 0 Å². The summed E-state index contributed by atoms with van der Waals surface area (Å²) < 4.78 is 0. The summed E-state index contributed by atoms with van der Waals surface area (Å²) in [5.74, 6) is 0.0621. The second-order valence-electron chi connectivity index (χ2n) is 3.36. The quantitative estimate of drug-likeness (QED) is 0.715. The zero-order chi connectivity index (χ0) is 10.6. The molecule has 2 N–H and O–H groups in total. The van der Waals surface area contributed by atoms with E-state index in [4.69, 9.17) is 5.11 Å². The number of carbonyl (C=O) groups is 1. The topological polar surface area (TPSA) is 49.3 Å². The van der Waals surface area contributed by atoms with Crippen LogP contribution in [0.4, 0.5) is 5.69 Å². The lowest BCUT2D eigenvalue weighted by Gasteiger charge is -2.08. The Kier molecular flexibility index (Phi) is 3.65. The molecular formula is C11H15NO2. The molecule has 1 unspecified atom stereocenters. The van der Waals surface area contributed by atoms with Gasteiger partial charge in [0.15, 0.2) is 5.78 Å². The first-order valence-electron chi connectivity index (χ1n) is 4.62. The van der Waals surface area contributed by atoms with Crippen LogP contribution in [0, 0.1) is 0 Å². The summed E-state index contributed by atoms with van der Waals surface area (Å²) in [5.41, 5.74) is 1.61. The molecule has 1 rings (SSSR count). The van der Waals surface area contributed by atoms with Crippen molar-refractivity contribution < 1.29 is 9.90 Å². The van der Waals surface area contributed by atoms with E-state index in [-0.39, 0.29) is 11.9 Å². The van der Waals surface area contributed by atoms with Gasteiger partial charge >= 0.3 is 0 Å². The number of nitrogens with one attached hydrogen (secondary N) is 1. The van der Waals surface area contributed by atoms with E-state index >= 15 is 0 Å². The van der Waals surface area contributed by atoms with Crippen molar-refractivity contribution in [2.45, 2.75) is 20.0 Å². The van der Waals surface area contributed by atoms with Crippen LogP contribution >= 0.6 is 0 Å². The van der Waals surface area contributed by atoms with Gasteiger partial charge in [0.25, 0.3) is 0 Å². The molecule has 1 aromatic rings. The van der Waals surface area contributed by atoms with Crippen LogP contribution < -0.4 is 5.32 Å². The summed E-state index contributed by atoms with van der Waals surface area (Å²) in [5, 5.41) is 12.1. The van der Waals surface area contributed by atoms with Gasteiger partial charge in [-0.15, -0.1) is 0 Å². The van der Waals surface area contributed by atoms with Crippen LogP contribution in [0.15, 0.2) is 24.3 Å². The molecule has 0 heterocycles. The van der Waals surface area contributed by atoms with Gasteiger partial charge in [-0.2, -0.15) is 0 Å². The number of Topliss-reactive ketones (excluding diaryl/α,β-unsaturated/α-hetero) is 1. The molecule has 0 aliphatic heterocycles. The first-order chi connectivity index (χ1) is 6.59. The molecule has 0 fully saturated rings. The van der Waals surface area contributed by atoms with Gasteiger partial charge in [-0.25, -0.2) is 0 Å². The van der Waals surface area contributed by atoms with E-state index in [1.54, 1.807) is 19.1 Å². The lowest BCUT2D eigenvalue weighted by Crippen LogP contribution is -2.15. The van der Waals surface area contributed by atoms with Crippen molar-refractivity contribution in [2.24, 2.45) is 0 Å². The fourth-order valence-corrected chi connectivity index (χ4v) is 1.09. The fraction of sp³-hybridized carbons (Fsp3) is 0.364. The van der Waals surface area contributed by atoms with E-state index in [0.29, 0.717) is 12.1 Å². The minimum Gasteiger partial charge on any atom is -0.392 e. The highest BCUT2D eigenvalue weighted by Crippen LogP contribution is 2.09. The van der Waals surface area contributed by atoms with Crippen LogP contribution in [-0.4, -0.2) is 23.5 Å². The third-order valence-corrected chi connectivity index (χ3v) is 1.89. The average Bonchev–Trinajstić information content (AvgIpc) is 2.15. The number of benzene rings is 1. The van der Waals surface area contributed by atoms with Crippen LogP contribution in [0.1, 0.15) is 24.2 Å². The van der Waals surface area contributed by atoms with E-state index in [1.807, 2.05) is 12.1 Å². The van der Waals surface area contributed by atoms with Crippen molar-refractivity contribution >= 4 is 11.5 Å². The fourth-order valence-electron chi connectivity index (χ4n) is 1.09. The van der Waals surface area contributed by atoms with Gasteiger partial charge in [-0.3, -0.25) is 4.79 Å². The molecule has 0 saturated heterocycles. The zero-order valence-electron chi connectivity index (χ0n) is 8.45. The summed E-state index contributed by atoms with van der Waals surface area (Å²) in [7, 11) is 0. The van der Waals surface area contributed by atoms with Crippen molar-refractivity contribution in [1.82, 2.24) is 0 Å². The van der Waals surface area contributed by atoms with Crippen molar-refractivity contribution in [1.29, 1.82) is 0 Å². The maximum absolute atomic E-state index is 11.0. The molecular weight excluding hydrogens is 178 g/mol. The summed E-state index contributed by atoms with van der Waals surface area (Å²) >= 11 is 0. The minimum absolute atomic E-state index is 0.0621. The summed E-state index contributed by atoms with van der Waals surface area (Å²) in [6.07, 6.45) is -0.373. The second kappa shape index (κ2) is 4.77. The molecule has 0 aliphatic carbocycles. The Morgan fingerprint density at radius 2 is 2.00 bits per heavy atom. The monoisotopic (exact) mass is 193 g/mol. The van der Waals surface area contributed by atoms with Crippen molar-refractivity contribution in [2.75, 3.05) is 11.9 Å². The molecule has 0 aliphatic rings. The SMILES string of the molecule is CC(=O)c1ccc(NCC(C)O)cc1. The first-order valence-corrected chi connectivity index (χ1v) is 4.62. The van der Waals surface area contributed by atoms with Gasteiger partial charge in [0.2, 0.25) is 0 Å². The highest BCUT2D eigenvalue weighted by Gasteiger charge is 1.99. The van der Waals surface area contributed by atoms with E-state index < -0.39 is 0 Å². The third-order valence-electron chi connectivity index (χ3n) is 1.89. The number of carbonyl (C=O) groups excluding carboxylic acids is 1. The molecule has 14 heavy (non-hydrogen) atoms. The number of ketones is 1. The van der Waals surface area contributed by atoms with Gasteiger partial charge in [0.05, 0.1) is 6.10 Å². The molecule has 0 amide bonds. The van der Waals surface area contributed by atoms with Crippen LogP contribution in [0.5, 0.6) is 0 Å². The molecule has 1 atom stereocenters. The normalized spacial score (nSPS) is 12.2. The van der Waals surface area contributed by atoms with Gasteiger partial charge < -0.3 is 10.4 Å². The highest BCUT2D eigenvalue weighted by atomic mass is 16.3. The van der Waals surface area contributed by atoms with Gasteiger partial charge in [0.1, 0.15) is 0 Å². The number of hydrogen-bond acceptors (Lipinski definition) is 3. The standard InChI is InChI=1S/C11H15NO2/c1-8(13)7-12-11-5-3-10(4-6-11)9(2)14/h3-6,8,12-13H,7H2,1-2H3. The van der Waals surface area contributed by atoms with E-state index in [9.17, 15) is 4.79 Å². The summed E-state index contributed by atoms with van der Waals surface area (Å²) in [4.78, 5) is 11.0. The molecule has 0 saturated carbocycles. The summed E-state index contributed by atoms with van der Waals surface area (Å²) in [6.45, 7) is 3.77. The van der Waals surface area contributed by atoms with Crippen LogP contribution in [0.2, 0.25) is 0 Å². The maximum atomic E-state index is 11.0. The molecule has 0 radical (unpaired) electrons. The van der Waals surface area contributed by atoms with Gasteiger partial charge in [-0.1, -0.05) is 0 Å². The molecule has 76 valence electrons. The Balaban J connectivity index is 2.60. The predicted molar refractivity (Wildman–Crippen MR) is 56.6 cm³/mol. The zero-order valence-corrected chi connectivity index (χ0v) is 8.45.